The minimum Gasteiger partial charge on any atom is -0.490 e. The van der Waals surface area contributed by atoms with Crippen LogP contribution in [0.15, 0.2) is 53.4 Å². The third-order valence-corrected chi connectivity index (χ3v) is 5.05. The molecule has 2 aromatic carbocycles. The molecule has 0 bridgehead atoms. The number of hydrogen-bond acceptors (Lipinski definition) is 4. The SMILES string of the molecule is CC[C@@H](NC(=O)c1ccccc1OC(C)C)c1ccc(S(C)(=O)=O)cc1. The third-order valence-electron chi connectivity index (χ3n) is 3.92. The monoisotopic (exact) mass is 375 g/mol. The van der Waals surface area contributed by atoms with Crippen LogP contribution in [0.25, 0.3) is 0 Å². The molecule has 0 aliphatic carbocycles. The highest BCUT2D eigenvalue weighted by Crippen LogP contribution is 2.23. The van der Waals surface area contributed by atoms with Crippen LogP contribution in [0, 0.1) is 0 Å². The van der Waals surface area contributed by atoms with Crippen molar-refractivity contribution >= 4 is 15.7 Å². The second-order valence-corrected chi connectivity index (χ2v) is 8.45. The number of nitrogens with one attached hydrogen (secondary N) is 1. The second kappa shape index (κ2) is 8.36. The molecule has 1 amide bonds. The molecule has 0 radical (unpaired) electrons. The predicted molar refractivity (Wildman–Crippen MR) is 102 cm³/mol. The summed E-state index contributed by atoms with van der Waals surface area (Å²) >= 11 is 0. The largest absolute Gasteiger partial charge is 0.490 e. The van der Waals surface area contributed by atoms with Crippen LogP contribution in [-0.4, -0.2) is 26.7 Å². The van der Waals surface area contributed by atoms with Crippen LogP contribution >= 0.6 is 0 Å². The van der Waals surface area contributed by atoms with Gasteiger partial charge in [-0.15, -0.1) is 0 Å². The molecular weight excluding hydrogens is 350 g/mol. The number of carbonyl (C=O) groups excluding carboxylic acids is 1. The van der Waals surface area contributed by atoms with Crippen LogP contribution in [0.5, 0.6) is 5.75 Å². The van der Waals surface area contributed by atoms with Crippen LogP contribution in [-0.2, 0) is 9.84 Å². The van der Waals surface area contributed by atoms with Crippen molar-refractivity contribution in [1.29, 1.82) is 0 Å². The lowest BCUT2D eigenvalue weighted by Crippen LogP contribution is -2.28. The zero-order chi connectivity index (χ0) is 19.3. The van der Waals surface area contributed by atoms with Crippen molar-refractivity contribution in [3.8, 4) is 5.75 Å². The molecule has 2 aromatic rings. The number of sulfone groups is 1. The lowest BCUT2D eigenvalue weighted by atomic mass is 10.0. The molecule has 6 heteroatoms. The van der Waals surface area contributed by atoms with Crippen LogP contribution in [0.1, 0.15) is 49.2 Å². The average Bonchev–Trinajstić information content (AvgIpc) is 2.59. The summed E-state index contributed by atoms with van der Waals surface area (Å²) in [7, 11) is -3.24. The normalized spacial score (nSPS) is 12.7. The van der Waals surface area contributed by atoms with Gasteiger partial charge in [-0.05, 0) is 50.1 Å². The second-order valence-electron chi connectivity index (χ2n) is 6.44. The van der Waals surface area contributed by atoms with Crippen LogP contribution < -0.4 is 10.1 Å². The standard InChI is InChI=1S/C20H25NO4S/c1-5-18(15-10-12-16(13-11-15)26(4,23)24)21-20(22)17-8-6-7-9-19(17)25-14(2)3/h6-14,18H,5H2,1-4H3,(H,21,22)/t18-/m1/s1. The van der Waals surface area contributed by atoms with Crippen molar-refractivity contribution in [2.45, 2.75) is 44.2 Å². The molecule has 0 aromatic heterocycles. The summed E-state index contributed by atoms with van der Waals surface area (Å²) in [5, 5.41) is 3.00. The minimum atomic E-state index is -3.24. The van der Waals surface area contributed by atoms with Gasteiger partial charge in [0, 0.05) is 6.26 Å². The van der Waals surface area contributed by atoms with Gasteiger partial charge >= 0.3 is 0 Å². The van der Waals surface area contributed by atoms with Gasteiger partial charge in [0.1, 0.15) is 5.75 Å². The molecule has 26 heavy (non-hydrogen) atoms. The van der Waals surface area contributed by atoms with E-state index in [1.54, 1.807) is 42.5 Å². The van der Waals surface area contributed by atoms with Gasteiger partial charge in [-0.25, -0.2) is 8.42 Å². The lowest BCUT2D eigenvalue weighted by Gasteiger charge is -2.19. The van der Waals surface area contributed by atoms with Gasteiger partial charge in [0.05, 0.1) is 22.6 Å². The Kier molecular flexibility index (Phi) is 6.42. The molecule has 0 aliphatic rings. The summed E-state index contributed by atoms with van der Waals surface area (Å²) in [5.74, 6) is 0.322. The van der Waals surface area contributed by atoms with E-state index in [0.717, 1.165) is 5.56 Å². The molecule has 0 fully saturated rings. The number of para-hydroxylation sites is 1. The Morgan fingerprint density at radius 3 is 2.23 bits per heavy atom. The summed E-state index contributed by atoms with van der Waals surface area (Å²) in [4.78, 5) is 13.0. The van der Waals surface area contributed by atoms with E-state index < -0.39 is 9.84 Å². The first-order valence-electron chi connectivity index (χ1n) is 8.59. The first kappa shape index (κ1) is 20.0. The fraction of sp³-hybridized carbons (Fsp3) is 0.350. The van der Waals surface area contributed by atoms with Gasteiger partial charge in [-0.1, -0.05) is 31.2 Å². The molecule has 1 atom stereocenters. The number of ether oxygens (including phenoxy) is 1. The van der Waals surface area contributed by atoms with E-state index in [4.69, 9.17) is 4.74 Å². The molecule has 0 unspecified atom stereocenters. The molecule has 5 nitrogen and oxygen atoms in total. The third kappa shape index (κ3) is 5.08. The summed E-state index contributed by atoms with van der Waals surface area (Å²) in [5.41, 5.74) is 1.34. The molecule has 0 saturated carbocycles. The summed E-state index contributed by atoms with van der Waals surface area (Å²) in [6, 6.07) is 13.5. The topological polar surface area (TPSA) is 72.5 Å². The van der Waals surface area contributed by atoms with Crippen molar-refractivity contribution in [3.63, 3.8) is 0 Å². The molecule has 0 heterocycles. The molecule has 2 rings (SSSR count). The number of amides is 1. The minimum absolute atomic E-state index is 0.0329. The maximum Gasteiger partial charge on any atom is 0.255 e. The van der Waals surface area contributed by atoms with E-state index in [1.807, 2.05) is 26.8 Å². The van der Waals surface area contributed by atoms with Crippen molar-refractivity contribution in [3.05, 3.63) is 59.7 Å². The van der Waals surface area contributed by atoms with Crippen molar-refractivity contribution < 1.29 is 17.9 Å². The molecule has 0 saturated heterocycles. The van der Waals surface area contributed by atoms with Crippen LogP contribution in [0.3, 0.4) is 0 Å². The Morgan fingerprint density at radius 1 is 1.08 bits per heavy atom. The summed E-state index contributed by atoms with van der Waals surface area (Å²) in [6.45, 7) is 5.78. The molecule has 0 spiro atoms. The van der Waals surface area contributed by atoms with Gasteiger partial charge in [-0.3, -0.25) is 4.79 Å². The quantitative estimate of drug-likeness (QED) is 0.800. The smallest absolute Gasteiger partial charge is 0.255 e. The Balaban J connectivity index is 2.21. The van der Waals surface area contributed by atoms with Crippen molar-refractivity contribution in [2.75, 3.05) is 6.26 Å². The van der Waals surface area contributed by atoms with Gasteiger partial charge in [0.25, 0.3) is 5.91 Å². The zero-order valence-corrected chi connectivity index (χ0v) is 16.3. The van der Waals surface area contributed by atoms with Gasteiger partial charge < -0.3 is 10.1 Å². The highest BCUT2D eigenvalue weighted by Gasteiger charge is 2.18. The van der Waals surface area contributed by atoms with Crippen molar-refractivity contribution in [2.24, 2.45) is 0 Å². The molecule has 140 valence electrons. The van der Waals surface area contributed by atoms with E-state index in [-0.39, 0.29) is 22.9 Å². The summed E-state index contributed by atoms with van der Waals surface area (Å²) in [6.07, 6.45) is 1.82. The van der Waals surface area contributed by atoms with E-state index in [1.165, 1.54) is 6.26 Å². The zero-order valence-electron chi connectivity index (χ0n) is 15.5. The average molecular weight is 375 g/mol. The highest BCUT2D eigenvalue weighted by molar-refractivity contribution is 7.90. The molecule has 1 N–H and O–H groups in total. The summed E-state index contributed by atoms with van der Waals surface area (Å²) < 4.78 is 28.9. The Morgan fingerprint density at radius 2 is 1.69 bits per heavy atom. The molecule has 0 aliphatic heterocycles. The number of rotatable bonds is 7. The number of carbonyl (C=O) groups is 1. The number of hydrogen-bond donors (Lipinski definition) is 1. The van der Waals surface area contributed by atoms with Crippen molar-refractivity contribution in [1.82, 2.24) is 5.32 Å². The maximum atomic E-state index is 12.7. The predicted octanol–water partition coefficient (Wildman–Crippen LogP) is 3.76. The van der Waals surface area contributed by atoms with Crippen LogP contribution in [0.2, 0.25) is 0 Å². The van der Waals surface area contributed by atoms with Crippen LogP contribution in [0.4, 0.5) is 0 Å². The van der Waals surface area contributed by atoms with Gasteiger partial charge in [0.2, 0.25) is 0 Å². The fourth-order valence-corrected chi connectivity index (χ4v) is 3.25. The van der Waals surface area contributed by atoms with Gasteiger partial charge in [0.15, 0.2) is 9.84 Å². The Hall–Kier alpha value is -2.34. The van der Waals surface area contributed by atoms with E-state index >= 15 is 0 Å². The first-order valence-corrected chi connectivity index (χ1v) is 10.5. The number of benzene rings is 2. The maximum absolute atomic E-state index is 12.7. The lowest BCUT2D eigenvalue weighted by molar-refractivity contribution is 0.0929. The Labute approximate surface area is 155 Å². The highest BCUT2D eigenvalue weighted by atomic mass is 32.2. The van der Waals surface area contributed by atoms with E-state index in [9.17, 15) is 13.2 Å². The van der Waals surface area contributed by atoms with E-state index in [0.29, 0.717) is 17.7 Å². The first-order chi connectivity index (χ1) is 12.2. The molecular formula is C20H25NO4S. The van der Waals surface area contributed by atoms with E-state index in [2.05, 4.69) is 5.32 Å². The van der Waals surface area contributed by atoms with Gasteiger partial charge in [-0.2, -0.15) is 0 Å². The Bertz CT molecular complexity index is 858. The fourth-order valence-electron chi connectivity index (χ4n) is 2.62.